The van der Waals surface area contributed by atoms with Crippen LogP contribution >= 0.6 is 11.3 Å². The van der Waals surface area contributed by atoms with Crippen LogP contribution in [0.4, 0.5) is 5.13 Å². The number of nitrogens with zero attached hydrogens (tertiary/aromatic N) is 2. The standard InChI is InChI=1S/C28H28N2O8S/c1-7-38-27(34)25-15(3)29-28(39-25)30-21(18-9-8-10-19(36-5)24(18)37-6)20(23(32)26(30)33)22(31)17-12-11-16(35-4)13-14(17)2/h8-13,21,31H,7H2,1-6H3/t21-/m1/s1. The molecule has 11 heteroatoms. The van der Waals surface area contributed by atoms with Crippen LogP contribution in [0.3, 0.4) is 0 Å². The Hall–Kier alpha value is -4.38. The number of aliphatic hydroxyl groups excluding tert-OH is 1. The molecule has 0 spiro atoms. The number of aliphatic hydroxyl groups is 1. The van der Waals surface area contributed by atoms with Crippen molar-refractivity contribution in [2.24, 2.45) is 0 Å². The van der Waals surface area contributed by atoms with Crippen LogP contribution in [0.25, 0.3) is 5.76 Å². The van der Waals surface area contributed by atoms with E-state index >= 15 is 0 Å². The third-order valence-corrected chi connectivity index (χ3v) is 7.45. The number of thiazole rings is 1. The van der Waals surface area contributed by atoms with Gasteiger partial charge in [-0.1, -0.05) is 23.5 Å². The fourth-order valence-corrected chi connectivity index (χ4v) is 5.48. The van der Waals surface area contributed by atoms with E-state index < -0.39 is 23.7 Å². The molecule has 4 rings (SSSR count). The van der Waals surface area contributed by atoms with Crippen LogP contribution in [0.15, 0.2) is 42.0 Å². The van der Waals surface area contributed by atoms with Crippen molar-refractivity contribution in [3.63, 3.8) is 0 Å². The van der Waals surface area contributed by atoms with Crippen LogP contribution in [-0.4, -0.2) is 55.7 Å². The quantitative estimate of drug-likeness (QED) is 0.185. The molecule has 0 aliphatic carbocycles. The second-order valence-corrected chi connectivity index (χ2v) is 9.54. The number of hydrogen-bond donors (Lipinski definition) is 1. The molecule has 1 N–H and O–H groups in total. The molecular weight excluding hydrogens is 524 g/mol. The smallest absolute Gasteiger partial charge is 0.350 e. The topological polar surface area (TPSA) is 124 Å². The number of ketones is 1. The van der Waals surface area contributed by atoms with E-state index in [0.717, 1.165) is 11.3 Å². The lowest BCUT2D eigenvalue weighted by molar-refractivity contribution is -0.132. The van der Waals surface area contributed by atoms with Crippen molar-refractivity contribution in [1.29, 1.82) is 0 Å². The van der Waals surface area contributed by atoms with Gasteiger partial charge in [-0.05, 0) is 50.6 Å². The largest absolute Gasteiger partial charge is 0.507 e. The van der Waals surface area contributed by atoms with Gasteiger partial charge in [-0.15, -0.1) is 0 Å². The first-order valence-electron chi connectivity index (χ1n) is 12.0. The lowest BCUT2D eigenvalue weighted by Crippen LogP contribution is -2.29. The Balaban J connectivity index is 2.00. The molecule has 1 amide bonds. The summed E-state index contributed by atoms with van der Waals surface area (Å²) in [5, 5.41) is 11.6. The highest BCUT2D eigenvalue weighted by Crippen LogP contribution is 2.48. The van der Waals surface area contributed by atoms with Crippen molar-refractivity contribution in [1.82, 2.24) is 4.98 Å². The normalized spacial score (nSPS) is 16.4. The predicted molar refractivity (Wildman–Crippen MR) is 145 cm³/mol. The molecule has 1 fully saturated rings. The lowest BCUT2D eigenvalue weighted by atomic mass is 9.93. The number of hydrogen-bond acceptors (Lipinski definition) is 10. The summed E-state index contributed by atoms with van der Waals surface area (Å²) >= 11 is 0.924. The van der Waals surface area contributed by atoms with Gasteiger partial charge in [0.2, 0.25) is 0 Å². The van der Waals surface area contributed by atoms with Gasteiger partial charge in [0.15, 0.2) is 16.6 Å². The van der Waals surface area contributed by atoms with Crippen LogP contribution in [0.1, 0.15) is 45.0 Å². The van der Waals surface area contributed by atoms with E-state index in [2.05, 4.69) is 4.98 Å². The molecule has 0 bridgehead atoms. The molecule has 1 aliphatic rings. The molecular formula is C28H28N2O8S. The summed E-state index contributed by atoms with van der Waals surface area (Å²) in [6.07, 6.45) is 0. The lowest BCUT2D eigenvalue weighted by Gasteiger charge is -2.25. The number of Topliss-reactive ketones (excluding diaryl/α,β-unsaturated/α-hetero) is 1. The van der Waals surface area contributed by atoms with Crippen LogP contribution in [0.2, 0.25) is 0 Å². The van der Waals surface area contributed by atoms with E-state index in [-0.39, 0.29) is 33.7 Å². The van der Waals surface area contributed by atoms with E-state index in [9.17, 15) is 19.5 Å². The Morgan fingerprint density at radius 1 is 1.08 bits per heavy atom. The molecule has 1 atom stereocenters. The second-order valence-electron chi connectivity index (χ2n) is 8.56. The molecule has 1 saturated heterocycles. The highest BCUT2D eigenvalue weighted by atomic mass is 32.1. The van der Waals surface area contributed by atoms with Crippen molar-refractivity contribution in [3.05, 3.63) is 69.2 Å². The van der Waals surface area contributed by atoms with Gasteiger partial charge in [-0.2, -0.15) is 0 Å². The molecule has 2 aromatic carbocycles. The molecule has 0 radical (unpaired) electrons. The Labute approximate surface area is 229 Å². The second kappa shape index (κ2) is 11.2. The summed E-state index contributed by atoms with van der Waals surface area (Å²) in [6.45, 7) is 5.22. The maximum absolute atomic E-state index is 13.6. The van der Waals surface area contributed by atoms with Gasteiger partial charge >= 0.3 is 11.9 Å². The van der Waals surface area contributed by atoms with Gasteiger partial charge in [0.25, 0.3) is 5.78 Å². The van der Waals surface area contributed by atoms with Crippen LogP contribution in [0, 0.1) is 13.8 Å². The maximum Gasteiger partial charge on any atom is 0.350 e. The number of aryl methyl sites for hydroxylation is 2. The van der Waals surface area contributed by atoms with Crippen LogP contribution < -0.4 is 19.1 Å². The summed E-state index contributed by atoms with van der Waals surface area (Å²) < 4.78 is 21.5. The Kier molecular flexibility index (Phi) is 7.91. The van der Waals surface area contributed by atoms with E-state index in [1.165, 1.54) is 26.2 Å². The monoisotopic (exact) mass is 552 g/mol. The average Bonchev–Trinajstić information content (AvgIpc) is 3.44. The van der Waals surface area contributed by atoms with E-state index in [1.807, 2.05) is 0 Å². The number of rotatable bonds is 8. The minimum Gasteiger partial charge on any atom is -0.507 e. The molecule has 3 aromatic rings. The summed E-state index contributed by atoms with van der Waals surface area (Å²) in [5.74, 6) is -1.58. The number of ether oxygens (including phenoxy) is 4. The fraction of sp³-hybridized carbons (Fsp3) is 0.286. The maximum atomic E-state index is 13.6. The van der Waals surface area contributed by atoms with Crippen LogP contribution in [0.5, 0.6) is 17.2 Å². The first-order chi connectivity index (χ1) is 18.7. The van der Waals surface area contributed by atoms with Crippen molar-refractivity contribution in [2.75, 3.05) is 32.8 Å². The minimum absolute atomic E-state index is 0.0954. The zero-order valence-corrected chi connectivity index (χ0v) is 23.2. The number of carbonyl (C=O) groups excluding carboxylic acids is 3. The number of carbonyl (C=O) groups is 3. The third kappa shape index (κ3) is 4.81. The number of methoxy groups -OCH3 is 3. The number of amides is 1. The molecule has 0 unspecified atom stereocenters. The molecule has 10 nitrogen and oxygen atoms in total. The van der Waals surface area contributed by atoms with Gasteiger partial charge in [-0.25, -0.2) is 9.78 Å². The fourth-order valence-electron chi connectivity index (χ4n) is 4.50. The van der Waals surface area contributed by atoms with Gasteiger partial charge in [0.1, 0.15) is 22.4 Å². The van der Waals surface area contributed by atoms with Gasteiger partial charge in [0, 0.05) is 11.1 Å². The van der Waals surface area contributed by atoms with Crippen molar-refractivity contribution in [3.8, 4) is 17.2 Å². The molecule has 0 saturated carbocycles. The van der Waals surface area contributed by atoms with E-state index in [4.69, 9.17) is 18.9 Å². The number of aromatic nitrogens is 1. The molecule has 1 aromatic heterocycles. The molecule has 204 valence electrons. The molecule has 2 heterocycles. The van der Waals surface area contributed by atoms with E-state index in [0.29, 0.717) is 33.9 Å². The summed E-state index contributed by atoms with van der Waals surface area (Å²) in [4.78, 5) is 45.5. The van der Waals surface area contributed by atoms with Gasteiger partial charge in [-0.3, -0.25) is 14.5 Å². The zero-order valence-electron chi connectivity index (χ0n) is 22.4. The van der Waals surface area contributed by atoms with Crippen LogP contribution in [-0.2, 0) is 14.3 Å². The summed E-state index contributed by atoms with van der Waals surface area (Å²) in [7, 11) is 4.43. The molecule has 39 heavy (non-hydrogen) atoms. The third-order valence-electron chi connectivity index (χ3n) is 6.31. The average molecular weight is 553 g/mol. The van der Waals surface area contributed by atoms with Gasteiger partial charge < -0.3 is 24.1 Å². The Morgan fingerprint density at radius 3 is 2.44 bits per heavy atom. The SMILES string of the molecule is CCOC(=O)c1sc(N2C(=O)C(=O)C(=C(O)c3ccc(OC)cc3C)[C@H]2c2cccc(OC)c2OC)nc1C. The Morgan fingerprint density at radius 2 is 1.82 bits per heavy atom. The summed E-state index contributed by atoms with van der Waals surface area (Å²) in [6, 6.07) is 8.87. The van der Waals surface area contributed by atoms with Crippen molar-refractivity contribution < 1.29 is 38.4 Å². The predicted octanol–water partition coefficient (Wildman–Crippen LogP) is 4.59. The number of para-hydroxylation sites is 1. The van der Waals surface area contributed by atoms with Crippen molar-refractivity contribution in [2.45, 2.75) is 26.8 Å². The Bertz CT molecular complexity index is 1490. The number of anilines is 1. The molecule has 1 aliphatic heterocycles. The van der Waals surface area contributed by atoms with Crippen molar-refractivity contribution >= 4 is 39.9 Å². The number of esters is 1. The number of benzene rings is 2. The highest BCUT2D eigenvalue weighted by molar-refractivity contribution is 7.17. The zero-order chi connectivity index (χ0) is 28.4. The first-order valence-corrected chi connectivity index (χ1v) is 12.8. The highest BCUT2D eigenvalue weighted by Gasteiger charge is 2.49. The minimum atomic E-state index is -1.14. The first kappa shape index (κ1) is 27.6. The van der Waals surface area contributed by atoms with E-state index in [1.54, 1.807) is 57.2 Å². The summed E-state index contributed by atoms with van der Waals surface area (Å²) in [5.41, 5.74) is 1.55. The van der Waals surface area contributed by atoms with Gasteiger partial charge in [0.05, 0.1) is 39.2 Å².